The van der Waals surface area contributed by atoms with Gasteiger partial charge in [0.15, 0.2) is 11.5 Å². The lowest BCUT2D eigenvalue weighted by Gasteiger charge is -2.21. The normalized spacial score (nSPS) is 12.9. The summed E-state index contributed by atoms with van der Waals surface area (Å²) in [5.41, 5.74) is 4.14. The first-order valence-electron chi connectivity index (χ1n) is 6.68. The van der Waals surface area contributed by atoms with Crippen LogP contribution in [0.3, 0.4) is 0 Å². The van der Waals surface area contributed by atoms with E-state index in [1.807, 2.05) is 6.07 Å². The second-order valence-corrected chi connectivity index (χ2v) is 4.69. The summed E-state index contributed by atoms with van der Waals surface area (Å²) in [5.74, 6) is 0.538. The Morgan fingerprint density at radius 2 is 2.20 bits per heavy atom. The van der Waals surface area contributed by atoms with E-state index in [0.717, 1.165) is 19.4 Å². The molecule has 2 N–H and O–H groups in total. The van der Waals surface area contributed by atoms with Crippen molar-refractivity contribution in [2.45, 2.75) is 19.4 Å². The van der Waals surface area contributed by atoms with E-state index in [4.69, 9.17) is 5.26 Å². The molecule has 100 valence electrons. The van der Waals surface area contributed by atoms with Gasteiger partial charge in [0.05, 0.1) is 0 Å². The fourth-order valence-corrected chi connectivity index (χ4v) is 2.48. The number of aromatic nitrogens is 2. The molecule has 5 heteroatoms. The fraction of sp³-hybridized carbons (Fsp3) is 0.267. The molecule has 0 atom stereocenters. The summed E-state index contributed by atoms with van der Waals surface area (Å²) in [4.78, 5) is 8.16. The number of rotatable bonds is 3. The van der Waals surface area contributed by atoms with Gasteiger partial charge in [-0.15, -0.1) is 0 Å². The van der Waals surface area contributed by atoms with Gasteiger partial charge in [0.25, 0.3) is 0 Å². The van der Waals surface area contributed by atoms with Crippen LogP contribution >= 0.6 is 0 Å². The Labute approximate surface area is 117 Å². The molecule has 0 fully saturated rings. The summed E-state index contributed by atoms with van der Waals surface area (Å²) >= 11 is 0. The Balaban J connectivity index is 1.81. The van der Waals surface area contributed by atoms with Crippen LogP contribution in [0.5, 0.6) is 0 Å². The molecule has 1 aromatic carbocycles. The Kier molecular flexibility index (Phi) is 3.46. The summed E-state index contributed by atoms with van der Waals surface area (Å²) < 4.78 is 0. The molecule has 5 nitrogen and oxygen atoms in total. The van der Waals surface area contributed by atoms with Gasteiger partial charge in [-0.05, 0) is 30.0 Å². The van der Waals surface area contributed by atoms with E-state index in [1.165, 1.54) is 23.0 Å². The number of hydrogen-bond donors (Lipinski definition) is 2. The third-order valence-electron chi connectivity index (χ3n) is 3.44. The highest BCUT2D eigenvalue weighted by molar-refractivity contribution is 5.57. The molecular weight excluding hydrogens is 250 g/mol. The van der Waals surface area contributed by atoms with Crippen LogP contribution in [-0.4, -0.2) is 16.5 Å². The summed E-state index contributed by atoms with van der Waals surface area (Å²) in [6, 6.07) is 8.32. The van der Waals surface area contributed by atoms with Gasteiger partial charge in [0, 0.05) is 31.2 Å². The predicted octanol–water partition coefficient (Wildman–Crippen LogP) is 2.32. The van der Waals surface area contributed by atoms with Crippen molar-refractivity contribution in [3.63, 3.8) is 0 Å². The fourth-order valence-electron chi connectivity index (χ4n) is 2.48. The third-order valence-corrected chi connectivity index (χ3v) is 3.44. The largest absolute Gasteiger partial charge is 0.385 e. The van der Waals surface area contributed by atoms with Crippen LogP contribution in [0.2, 0.25) is 0 Å². The molecule has 1 aliphatic heterocycles. The molecule has 2 heterocycles. The summed E-state index contributed by atoms with van der Waals surface area (Å²) in [6.45, 7) is 1.69. The first-order valence-corrected chi connectivity index (χ1v) is 6.68. The third kappa shape index (κ3) is 2.41. The highest BCUT2D eigenvalue weighted by Gasteiger charge is 2.12. The van der Waals surface area contributed by atoms with Gasteiger partial charge < -0.3 is 10.6 Å². The van der Waals surface area contributed by atoms with E-state index in [2.05, 4.69) is 38.8 Å². The van der Waals surface area contributed by atoms with Crippen molar-refractivity contribution in [2.24, 2.45) is 0 Å². The van der Waals surface area contributed by atoms with E-state index in [9.17, 15) is 0 Å². The van der Waals surface area contributed by atoms with Crippen molar-refractivity contribution in [3.05, 3.63) is 47.4 Å². The number of benzene rings is 1. The molecule has 2 aromatic rings. The maximum absolute atomic E-state index is 9.01. The number of hydrogen-bond acceptors (Lipinski definition) is 5. The highest BCUT2D eigenvalue weighted by atomic mass is 15.0. The topological polar surface area (TPSA) is 73.6 Å². The molecule has 1 aromatic heterocycles. The van der Waals surface area contributed by atoms with Gasteiger partial charge >= 0.3 is 0 Å². The summed E-state index contributed by atoms with van der Waals surface area (Å²) in [6.07, 6.45) is 5.35. The SMILES string of the molecule is N#Cc1nccnc1NCc1cccc2c1CCCN2. The second-order valence-electron chi connectivity index (χ2n) is 4.69. The van der Waals surface area contributed by atoms with Gasteiger partial charge in [-0.25, -0.2) is 9.97 Å². The van der Waals surface area contributed by atoms with Crippen molar-refractivity contribution >= 4 is 11.5 Å². The molecule has 1 aliphatic rings. The number of nitrogens with one attached hydrogen (secondary N) is 2. The lowest BCUT2D eigenvalue weighted by molar-refractivity contribution is 0.817. The number of nitrogens with zero attached hydrogens (tertiary/aromatic N) is 3. The van der Waals surface area contributed by atoms with Crippen LogP contribution in [-0.2, 0) is 13.0 Å². The smallest absolute Gasteiger partial charge is 0.182 e. The minimum atomic E-state index is 0.329. The number of anilines is 2. The van der Waals surface area contributed by atoms with Crippen molar-refractivity contribution in [1.29, 1.82) is 5.26 Å². The van der Waals surface area contributed by atoms with Crippen LogP contribution in [0.25, 0.3) is 0 Å². The lowest BCUT2D eigenvalue weighted by Crippen LogP contribution is -2.15. The minimum Gasteiger partial charge on any atom is -0.385 e. The summed E-state index contributed by atoms with van der Waals surface area (Å²) in [5, 5.41) is 15.6. The van der Waals surface area contributed by atoms with E-state index in [-0.39, 0.29) is 0 Å². The van der Waals surface area contributed by atoms with E-state index in [1.54, 1.807) is 6.20 Å². The van der Waals surface area contributed by atoms with Gasteiger partial charge in [0.2, 0.25) is 0 Å². The standard InChI is InChI=1S/C15H15N5/c16-9-14-15(19-8-7-18-14)20-10-11-3-1-5-13-12(11)4-2-6-17-13/h1,3,5,7-8,17H,2,4,6,10H2,(H,19,20). The Hall–Kier alpha value is -2.61. The van der Waals surface area contributed by atoms with E-state index >= 15 is 0 Å². The van der Waals surface area contributed by atoms with Crippen molar-refractivity contribution in [2.75, 3.05) is 17.2 Å². The van der Waals surface area contributed by atoms with Crippen molar-refractivity contribution in [3.8, 4) is 6.07 Å². The van der Waals surface area contributed by atoms with Gasteiger partial charge in [-0.3, -0.25) is 0 Å². The molecule has 0 saturated carbocycles. The molecule has 3 rings (SSSR count). The second kappa shape index (κ2) is 5.57. The maximum Gasteiger partial charge on any atom is 0.182 e. The van der Waals surface area contributed by atoms with Gasteiger partial charge in [0.1, 0.15) is 6.07 Å². The van der Waals surface area contributed by atoms with Crippen LogP contribution < -0.4 is 10.6 Å². The molecule has 20 heavy (non-hydrogen) atoms. The van der Waals surface area contributed by atoms with Crippen LogP contribution in [0.4, 0.5) is 11.5 Å². The predicted molar refractivity (Wildman–Crippen MR) is 77.3 cm³/mol. The average Bonchev–Trinajstić information content (AvgIpc) is 2.53. The van der Waals surface area contributed by atoms with Crippen molar-refractivity contribution in [1.82, 2.24) is 9.97 Å². The van der Waals surface area contributed by atoms with Crippen LogP contribution in [0.15, 0.2) is 30.6 Å². The number of nitriles is 1. The number of fused-ring (bicyclic) bond motifs is 1. The quantitative estimate of drug-likeness (QED) is 0.891. The zero-order chi connectivity index (χ0) is 13.8. The van der Waals surface area contributed by atoms with Crippen molar-refractivity contribution < 1.29 is 0 Å². The lowest BCUT2D eigenvalue weighted by atomic mass is 9.97. The molecule has 0 unspecified atom stereocenters. The molecule has 0 spiro atoms. The van der Waals surface area contributed by atoms with Crippen LogP contribution in [0, 0.1) is 11.3 Å². The zero-order valence-electron chi connectivity index (χ0n) is 11.1. The molecular formula is C15H15N5. The molecule has 0 radical (unpaired) electrons. The Morgan fingerprint density at radius 1 is 1.30 bits per heavy atom. The highest BCUT2D eigenvalue weighted by Crippen LogP contribution is 2.25. The van der Waals surface area contributed by atoms with E-state index in [0.29, 0.717) is 18.1 Å². The molecule has 0 aliphatic carbocycles. The minimum absolute atomic E-state index is 0.329. The zero-order valence-corrected chi connectivity index (χ0v) is 11.1. The molecule has 0 amide bonds. The first-order chi connectivity index (χ1) is 9.88. The Bertz CT molecular complexity index is 660. The molecule has 0 saturated heterocycles. The monoisotopic (exact) mass is 265 g/mol. The molecule has 0 bridgehead atoms. The average molecular weight is 265 g/mol. The van der Waals surface area contributed by atoms with E-state index < -0.39 is 0 Å². The first kappa shape index (κ1) is 12.4. The van der Waals surface area contributed by atoms with Gasteiger partial charge in [-0.2, -0.15) is 5.26 Å². The van der Waals surface area contributed by atoms with Gasteiger partial charge in [-0.1, -0.05) is 12.1 Å². The Morgan fingerprint density at radius 3 is 3.10 bits per heavy atom. The van der Waals surface area contributed by atoms with Crippen LogP contribution in [0.1, 0.15) is 23.2 Å². The summed E-state index contributed by atoms with van der Waals surface area (Å²) in [7, 11) is 0. The maximum atomic E-state index is 9.01.